The first-order valence-corrected chi connectivity index (χ1v) is 9.03. The van der Waals surface area contributed by atoms with E-state index < -0.39 is 0 Å². The minimum absolute atomic E-state index is 0.703. The van der Waals surface area contributed by atoms with E-state index in [0.29, 0.717) is 6.04 Å². The summed E-state index contributed by atoms with van der Waals surface area (Å²) in [5, 5.41) is 6.03. The molecule has 2 unspecified atom stereocenters. The lowest BCUT2D eigenvalue weighted by Gasteiger charge is -2.49. The highest BCUT2D eigenvalue weighted by Crippen LogP contribution is 2.35. The maximum Gasteiger partial charge on any atom is 0.0794 e. The van der Waals surface area contributed by atoms with Crippen molar-refractivity contribution in [1.82, 2.24) is 15.2 Å². The Hall–Kier alpha value is -0.450. The average Bonchev–Trinajstić information content (AvgIpc) is 2.91. The summed E-state index contributed by atoms with van der Waals surface area (Å²) in [6, 6.07) is 1.45. The largest absolute Gasteiger partial charge is 0.313 e. The maximum absolute atomic E-state index is 4.38. The van der Waals surface area contributed by atoms with E-state index in [0.717, 1.165) is 30.8 Å². The van der Waals surface area contributed by atoms with Gasteiger partial charge in [0.1, 0.15) is 0 Å². The molecule has 2 atom stereocenters. The second kappa shape index (κ2) is 6.54. The number of thiazole rings is 1. The molecule has 2 bridgehead atoms. The molecular formula is C16H27N3S. The summed E-state index contributed by atoms with van der Waals surface area (Å²) in [5.74, 6) is 1.72. The molecule has 3 rings (SSSR count). The highest BCUT2D eigenvalue weighted by Gasteiger charge is 2.39. The summed E-state index contributed by atoms with van der Waals surface area (Å²) < 4.78 is 0. The van der Waals surface area contributed by atoms with Crippen LogP contribution >= 0.6 is 11.3 Å². The molecule has 0 spiro atoms. The fourth-order valence-electron chi connectivity index (χ4n) is 3.96. The van der Waals surface area contributed by atoms with E-state index >= 15 is 0 Å². The third-order valence-electron chi connectivity index (χ3n) is 5.08. The molecule has 1 saturated carbocycles. The van der Waals surface area contributed by atoms with Gasteiger partial charge < -0.3 is 10.2 Å². The molecular weight excluding hydrogens is 266 g/mol. The lowest BCUT2D eigenvalue weighted by molar-refractivity contribution is 0.0299. The Morgan fingerprint density at radius 1 is 1.35 bits per heavy atom. The van der Waals surface area contributed by atoms with Gasteiger partial charge in [-0.25, -0.2) is 4.98 Å². The van der Waals surface area contributed by atoms with E-state index in [9.17, 15) is 0 Å². The second-order valence-electron chi connectivity index (χ2n) is 6.71. The molecule has 2 aliphatic rings. The third kappa shape index (κ3) is 3.23. The zero-order valence-electron chi connectivity index (χ0n) is 12.7. The molecule has 1 saturated heterocycles. The molecule has 1 N–H and O–H groups in total. The van der Waals surface area contributed by atoms with Crippen molar-refractivity contribution in [2.24, 2.45) is 11.8 Å². The first-order valence-electron chi connectivity index (χ1n) is 8.08. The predicted molar refractivity (Wildman–Crippen MR) is 85.1 cm³/mol. The molecule has 4 heteroatoms. The van der Waals surface area contributed by atoms with E-state index in [-0.39, 0.29) is 0 Å². The Morgan fingerprint density at radius 3 is 2.70 bits per heavy atom. The van der Waals surface area contributed by atoms with Crippen molar-refractivity contribution < 1.29 is 0 Å². The van der Waals surface area contributed by atoms with Gasteiger partial charge in [-0.15, -0.1) is 11.3 Å². The van der Waals surface area contributed by atoms with Crippen LogP contribution in [0.1, 0.15) is 38.8 Å². The average molecular weight is 293 g/mol. The SMILES string of the molecule is CC(C)N1CC2CCCC(C1)C2NCCc1cscn1. The molecule has 0 radical (unpaired) electrons. The van der Waals surface area contributed by atoms with Crippen LogP contribution in [0.3, 0.4) is 0 Å². The quantitative estimate of drug-likeness (QED) is 0.905. The lowest BCUT2D eigenvalue weighted by atomic mass is 9.73. The van der Waals surface area contributed by atoms with Gasteiger partial charge in [0.15, 0.2) is 0 Å². The number of likely N-dealkylation sites (tertiary alicyclic amines) is 1. The molecule has 3 nitrogen and oxygen atoms in total. The number of rotatable bonds is 5. The second-order valence-corrected chi connectivity index (χ2v) is 7.43. The fraction of sp³-hybridized carbons (Fsp3) is 0.812. The minimum Gasteiger partial charge on any atom is -0.313 e. The van der Waals surface area contributed by atoms with Crippen molar-refractivity contribution in [2.75, 3.05) is 19.6 Å². The zero-order chi connectivity index (χ0) is 13.9. The first-order chi connectivity index (χ1) is 9.74. The van der Waals surface area contributed by atoms with Gasteiger partial charge >= 0.3 is 0 Å². The van der Waals surface area contributed by atoms with Gasteiger partial charge in [0.2, 0.25) is 0 Å². The Balaban J connectivity index is 1.54. The topological polar surface area (TPSA) is 28.2 Å². The van der Waals surface area contributed by atoms with Crippen molar-refractivity contribution in [2.45, 2.75) is 51.6 Å². The van der Waals surface area contributed by atoms with E-state index in [4.69, 9.17) is 0 Å². The van der Waals surface area contributed by atoms with Gasteiger partial charge in [-0.3, -0.25) is 0 Å². The molecule has 0 amide bonds. The van der Waals surface area contributed by atoms with Crippen LogP contribution in [-0.2, 0) is 6.42 Å². The summed E-state index contributed by atoms with van der Waals surface area (Å²) >= 11 is 1.70. The normalized spacial score (nSPS) is 30.9. The predicted octanol–water partition coefficient (Wildman–Crippen LogP) is 2.78. The minimum atomic E-state index is 0.703. The van der Waals surface area contributed by atoms with Crippen molar-refractivity contribution in [3.63, 3.8) is 0 Å². The molecule has 112 valence electrons. The number of nitrogens with zero attached hydrogens (tertiary/aromatic N) is 2. The van der Waals surface area contributed by atoms with Gasteiger partial charge in [0, 0.05) is 43.5 Å². The first kappa shape index (κ1) is 14.5. The van der Waals surface area contributed by atoms with Crippen LogP contribution in [0, 0.1) is 11.8 Å². The molecule has 2 heterocycles. The highest BCUT2D eigenvalue weighted by molar-refractivity contribution is 7.07. The van der Waals surface area contributed by atoms with Crippen LogP contribution in [0.2, 0.25) is 0 Å². The van der Waals surface area contributed by atoms with E-state index in [1.807, 2.05) is 5.51 Å². The van der Waals surface area contributed by atoms with Crippen LogP contribution in [0.25, 0.3) is 0 Å². The third-order valence-corrected chi connectivity index (χ3v) is 5.71. The fourth-order valence-corrected chi connectivity index (χ4v) is 4.55. The monoisotopic (exact) mass is 293 g/mol. The summed E-state index contributed by atoms with van der Waals surface area (Å²) in [4.78, 5) is 7.06. The van der Waals surface area contributed by atoms with Gasteiger partial charge in [-0.2, -0.15) is 0 Å². The van der Waals surface area contributed by atoms with Crippen LogP contribution in [-0.4, -0.2) is 41.6 Å². The van der Waals surface area contributed by atoms with Crippen LogP contribution in [0.4, 0.5) is 0 Å². The molecule has 20 heavy (non-hydrogen) atoms. The van der Waals surface area contributed by atoms with Gasteiger partial charge in [-0.1, -0.05) is 6.42 Å². The smallest absolute Gasteiger partial charge is 0.0794 e. The Morgan fingerprint density at radius 2 is 2.10 bits per heavy atom. The number of aromatic nitrogens is 1. The van der Waals surface area contributed by atoms with E-state index in [1.165, 1.54) is 38.0 Å². The van der Waals surface area contributed by atoms with Crippen LogP contribution in [0.15, 0.2) is 10.9 Å². The lowest BCUT2D eigenvalue weighted by Crippen LogP contribution is -2.58. The van der Waals surface area contributed by atoms with Crippen molar-refractivity contribution in [3.05, 3.63) is 16.6 Å². The molecule has 0 aromatic carbocycles. The molecule has 2 fully saturated rings. The Bertz CT molecular complexity index is 390. The number of hydrogen-bond donors (Lipinski definition) is 1. The highest BCUT2D eigenvalue weighted by atomic mass is 32.1. The number of piperidine rings is 1. The molecule has 1 aliphatic heterocycles. The summed E-state index contributed by atoms with van der Waals surface area (Å²) in [6.45, 7) is 8.35. The molecule has 1 aromatic heterocycles. The van der Waals surface area contributed by atoms with E-state index in [1.54, 1.807) is 11.3 Å². The standard InChI is InChI=1S/C16H27N3S/c1-12(2)19-8-13-4-3-5-14(9-19)16(13)17-7-6-15-10-20-11-18-15/h10-14,16-17H,3-9H2,1-2H3. The van der Waals surface area contributed by atoms with Gasteiger partial charge in [0.05, 0.1) is 11.2 Å². The number of nitrogens with one attached hydrogen (secondary N) is 1. The van der Waals surface area contributed by atoms with Crippen LogP contribution in [0.5, 0.6) is 0 Å². The maximum atomic E-state index is 4.38. The summed E-state index contributed by atoms with van der Waals surface area (Å²) in [7, 11) is 0. The van der Waals surface area contributed by atoms with Gasteiger partial charge in [-0.05, 0) is 38.5 Å². The molecule has 1 aromatic rings. The van der Waals surface area contributed by atoms with Crippen molar-refractivity contribution in [3.8, 4) is 0 Å². The Labute approximate surface area is 126 Å². The summed E-state index contributed by atoms with van der Waals surface area (Å²) in [6.07, 6.45) is 5.33. The van der Waals surface area contributed by atoms with Crippen molar-refractivity contribution in [1.29, 1.82) is 0 Å². The van der Waals surface area contributed by atoms with Gasteiger partial charge in [0.25, 0.3) is 0 Å². The Kier molecular flexibility index (Phi) is 4.74. The summed E-state index contributed by atoms with van der Waals surface area (Å²) in [5.41, 5.74) is 3.18. The number of hydrogen-bond acceptors (Lipinski definition) is 4. The van der Waals surface area contributed by atoms with Crippen molar-refractivity contribution >= 4 is 11.3 Å². The van der Waals surface area contributed by atoms with E-state index in [2.05, 4.69) is 34.4 Å². The zero-order valence-corrected chi connectivity index (χ0v) is 13.5. The van der Waals surface area contributed by atoms with Crippen LogP contribution < -0.4 is 5.32 Å². The molecule has 1 aliphatic carbocycles. The number of fused-ring (bicyclic) bond motifs is 2.